The number of carbonyl (C=O) groups is 1. The van der Waals surface area contributed by atoms with Gasteiger partial charge in [-0.2, -0.15) is 0 Å². The predicted octanol–water partition coefficient (Wildman–Crippen LogP) is 0.0882. The lowest BCUT2D eigenvalue weighted by molar-refractivity contribution is -0.143. The first-order valence-electron chi connectivity index (χ1n) is 3.89. The molecule has 0 aromatic rings. The van der Waals surface area contributed by atoms with Gasteiger partial charge in [-0.25, -0.2) is 4.31 Å². The topological polar surface area (TPSA) is 55.6 Å². The summed E-state index contributed by atoms with van der Waals surface area (Å²) in [5, 5.41) is 0. The lowest BCUT2D eigenvalue weighted by atomic mass is 10.6. The number of hydrogen-bond acceptors (Lipinski definition) is 5. The van der Waals surface area contributed by atoms with Crippen molar-refractivity contribution in [3.05, 3.63) is 0 Å². The van der Waals surface area contributed by atoms with Crippen LogP contribution in [0.1, 0.15) is 6.92 Å². The van der Waals surface area contributed by atoms with Crippen molar-refractivity contribution in [3.8, 4) is 0 Å². The Morgan fingerprint density at radius 2 is 2.33 bits per heavy atom. The van der Waals surface area contributed by atoms with E-state index in [1.54, 1.807) is 0 Å². The highest BCUT2D eigenvalue weighted by Gasteiger charge is 2.07. The first-order chi connectivity index (χ1) is 5.74. The van der Waals surface area contributed by atoms with E-state index in [2.05, 4.69) is 0 Å². The second-order valence-electron chi connectivity index (χ2n) is 2.15. The smallest absolute Gasteiger partial charge is 0.321 e. The minimum absolute atomic E-state index is 0.211. The molecule has 0 unspecified atom stereocenters. The van der Waals surface area contributed by atoms with Crippen LogP contribution in [0.5, 0.6) is 0 Å². The van der Waals surface area contributed by atoms with E-state index in [1.807, 2.05) is 17.5 Å². The van der Waals surface area contributed by atoms with Crippen LogP contribution in [0.2, 0.25) is 0 Å². The molecule has 0 radical (unpaired) electrons. The molecule has 0 aliphatic carbocycles. The van der Waals surface area contributed by atoms with Gasteiger partial charge in [0.05, 0.1) is 0 Å². The molecule has 0 aliphatic rings. The summed E-state index contributed by atoms with van der Waals surface area (Å²) in [6.45, 7) is 3.85. The Kier molecular flexibility index (Phi) is 7.23. The molecule has 0 bridgehead atoms. The molecule has 0 aromatic carbocycles. The Labute approximate surface area is 77.6 Å². The van der Waals surface area contributed by atoms with Crippen LogP contribution in [0.25, 0.3) is 0 Å². The largest absolute Gasteiger partial charge is 0.463 e. The maximum atomic E-state index is 11.0. The number of rotatable bonds is 6. The van der Waals surface area contributed by atoms with Crippen LogP contribution in [0, 0.1) is 0 Å². The molecule has 0 aromatic heterocycles. The van der Waals surface area contributed by atoms with Crippen molar-refractivity contribution in [1.29, 1.82) is 0 Å². The molecule has 0 atom stereocenters. The minimum Gasteiger partial charge on any atom is -0.463 e. The van der Waals surface area contributed by atoms with E-state index in [0.717, 1.165) is 6.54 Å². The third kappa shape index (κ3) is 5.40. The monoisotopic (exact) mass is 192 g/mol. The fourth-order valence-electron chi connectivity index (χ4n) is 0.668. The first-order valence-corrected chi connectivity index (χ1v) is 5.07. The van der Waals surface area contributed by atoms with Crippen molar-refractivity contribution in [1.82, 2.24) is 4.31 Å². The summed E-state index contributed by atoms with van der Waals surface area (Å²) in [7, 11) is 0. The van der Waals surface area contributed by atoms with Gasteiger partial charge >= 0.3 is 5.97 Å². The number of likely N-dealkylation sites (N-methyl/N-ethyl adjacent to an activating group) is 1. The van der Waals surface area contributed by atoms with Crippen LogP contribution in [-0.2, 0) is 9.53 Å². The fraction of sp³-hybridized carbons (Fsp3) is 0.857. The van der Waals surface area contributed by atoms with Gasteiger partial charge < -0.3 is 10.5 Å². The van der Waals surface area contributed by atoms with Crippen molar-refractivity contribution >= 4 is 17.9 Å². The standard InChI is InChI=1S/C7H16N2O2S/c1-3-9(12-2)6-7(10)11-5-4-8/h3-6,8H2,1-2H3. The number of nitrogens with two attached hydrogens (primary N) is 1. The fourth-order valence-corrected chi connectivity index (χ4v) is 1.16. The quantitative estimate of drug-likeness (QED) is 0.477. The molecule has 12 heavy (non-hydrogen) atoms. The molecule has 5 heteroatoms. The molecular formula is C7H16N2O2S. The second-order valence-corrected chi connectivity index (χ2v) is 3.03. The van der Waals surface area contributed by atoms with Gasteiger partial charge in [0.15, 0.2) is 0 Å². The number of hydrogen-bond donors (Lipinski definition) is 1. The summed E-state index contributed by atoms with van der Waals surface area (Å²) in [5.74, 6) is -0.211. The highest BCUT2D eigenvalue weighted by molar-refractivity contribution is 7.96. The summed E-state index contributed by atoms with van der Waals surface area (Å²) >= 11 is 1.53. The van der Waals surface area contributed by atoms with Gasteiger partial charge in [-0.1, -0.05) is 18.9 Å². The van der Waals surface area contributed by atoms with Crippen molar-refractivity contribution < 1.29 is 9.53 Å². The maximum absolute atomic E-state index is 11.0. The zero-order chi connectivity index (χ0) is 9.40. The van der Waals surface area contributed by atoms with Crippen LogP contribution < -0.4 is 5.73 Å². The molecule has 0 heterocycles. The average Bonchev–Trinajstić information content (AvgIpc) is 2.10. The van der Waals surface area contributed by atoms with Gasteiger partial charge in [0.1, 0.15) is 13.2 Å². The molecule has 72 valence electrons. The molecule has 2 N–H and O–H groups in total. The van der Waals surface area contributed by atoms with Crippen LogP contribution in [-0.4, -0.2) is 42.8 Å². The lowest BCUT2D eigenvalue weighted by Crippen LogP contribution is -2.26. The molecule has 0 spiro atoms. The summed E-state index contributed by atoms with van der Waals surface area (Å²) in [5.41, 5.74) is 5.18. The summed E-state index contributed by atoms with van der Waals surface area (Å²) in [6, 6.07) is 0. The van der Waals surface area contributed by atoms with E-state index in [4.69, 9.17) is 10.5 Å². The van der Waals surface area contributed by atoms with Crippen molar-refractivity contribution in [3.63, 3.8) is 0 Å². The van der Waals surface area contributed by atoms with Crippen molar-refractivity contribution in [2.45, 2.75) is 6.92 Å². The molecule has 0 saturated heterocycles. The highest BCUT2D eigenvalue weighted by atomic mass is 32.2. The zero-order valence-corrected chi connectivity index (χ0v) is 8.39. The summed E-state index contributed by atoms with van der Waals surface area (Å²) in [4.78, 5) is 11.0. The van der Waals surface area contributed by atoms with Gasteiger partial charge in [-0.05, 0) is 6.26 Å². The van der Waals surface area contributed by atoms with Gasteiger partial charge in [0, 0.05) is 13.1 Å². The van der Waals surface area contributed by atoms with Gasteiger partial charge in [0.2, 0.25) is 0 Å². The second kappa shape index (κ2) is 7.39. The van der Waals surface area contributed by atoms with Crippen molar-refractivity contribution in [2.24, 2.45) is 5.73 Å². The Bertz CT molecular complexity index is 129. The molecule has 0 rings (SSSR count). The molecule has 0 amide bonds. The molecule has 0 saturated carbocycles. The van der Waals surface area contributed by atoms with Crippen LogP contribution in [0.15, 0.2) is 0 Å². The molecule has 0 fully saturated rings. The summed E-state index contributed by atoms with van der Waals surface area (Å²) in [6.07, 6.45) is 1.93. The van der Waals surface area contributed by atoms with E-state index in [9.17, 15) is 4.79 Å². The summed E-state index contributed by atoms with van der Waals surface area (Å²) < 4.78 is 6.72. The Hall–Kier alpha value is -0.260. The van der Waals surface area contributed by atoms with Crippen LogP contribution >= 0.6 is 11.9 Å². The SMILES string of the molecule is CCN(CC(=O)OCCN)SC. The Balaban J connectivity index is 3.52. The lowest BCUT2D eigenvalue weighted by Gasteiger charge is -2.14. The Morgan fingerprint density at radius 3 is 2.75 bits per heavy atom. The number of carbonyl (C=O) groups excluding carboxylic acids is 1. The third-order valence-corrected chi connectivity index (χ3v) is 2.20. The first kappa shape index (κ1) is 11.7. The molecular weight excluding hydrogens is 176 g/mol. The molecule has 4 nitrogen and oxygen atoms in total. The zero-order valence-electron chi connectivity index (χ0n) is 7.58. The normalized spacial score (nSPS) is 10.3. The van der Waals surface area contributed by atoms with Gasteiger partial charge in [0.25, 0.3) is 0 Å². The van der Waals surface area contributed by atoms with Crippen LogP contribution in [0.3, 0.4) is 0 Å². The number of nitrogens with zero attached hydrogens (tertiary/aromatic N) is 1. The number of esters is 1. The van der Waals surface area contributed by atoms with Gasteiger partial charge in [-0.15, -0.1) is 0 Å². The van der Waals surface area contributed by atoms with E-state index >= 15 is 0 Å². The number of ether oxygens (including phenoxy) is 1. The Morgan fingerprint density at radius 1 is 1.67 bits per heavy atom. The van der Waals surface area contributed by atoms with Crippen molar-refractivity contribution in [2.75, 3.05) is 32.5 Å². The molecule has 0 aliphatic heterocycles. The predicted molar refractivity (Wildman–Crippen MR) is 50.8 cm³/mol. The van der Waals surface area contributed by atoms with E-state index in [-0.39, 0.29) is 5.97 Å². The average molecular weight is 192 g/mol. The van der Waals surface area contributed by atoms with Crippen LogP contribution in [0.4, 0.5) is 0 Å². The van der Waals surface area contributed by atoms with Gasteiger partial charge in [-0.3, -0.25) is 4.79 Å². The minimum atomic E-state index is -0.211. The van der Waals surface area contributed by atoms with E-state index in [0.29, 0.717) is 19.7 Å². The van der Waals surface area contributed by atoms with E-state index in [1.165, 1.54) is 11.9 Å². The van der Waals surface area contributed by atoms with E-state index < -0.39 is 0 Å². The highest BCUT2D eigenvalue weighted by Crippen LogP contribution is 2.02. The third-order valence-electron chi connectivity index (χ3n) is 1.30. The maximum Gasteiger partial charge on any atom is 0.321 e.